The SMILES string of the molecule is CC1(C)C=Cc2ccncc2O1. The summed E-state index contributed by atoms with van der Waals surface area (Å²) in [6.07, 6.45) is 7.64. The summed E-state index contributed by atoms with van der Waals surface area (Å²) in [4.78, 5) is 4.00. The lowest BCUT2D eigenvalue weighted by molar-refractivity contribution is 0.158. The smallest absolute Gasteiger partial charge is 0.146 e. The van der Waals surface area contributed by atoms with Gasteiger partial charge >= 0.3 is 0 Å². The van der Waals surface area contributed by atoms with Crippen LogP contribution in [0.4, 0.5) is 0 Å². The van der Waals surface area contributed by atoms with Gasteiger partial charge in [0, 0.05) is 11.8 Å². The highest BCUT2D eigenvalue weighted by atomic mass is 16.5. The number of hydrogen-bond donors (Lipinski definition) is 0. The molecule has 0 N–H and O–H groups in total. The Bertz CT molecular complexity index is 328. The molecule has 0 bridgehead atoms. The van der Waals surface area contributed by atoms with E-state index < -0.39 is 0 Å². The Morgan fingerprint density at radius 1 is 1.42 bits per heavy atom. The fourth-order valence-corrected chi connectivity index (χ4v) is 1.22. The summed E-state index contributed by atoms with van der Waals surface area (Å²) in [7, 11) is 0. The predicted molar refractivity (Wildman–Crippen MR) is 48.0 cm³/mol. The number of hydrogen-bond acceptors (Lipinski definition) is 2. The molecule has 2 heteroatoms. The predicted octanol–water partition coefficient (Wildman–Crippen LogP) is 2.27. The van der Waals surface area contributed by atoms with Crippen LogP contribution < -0.4 is 4.74 Å². The van der Waals surface area contributed by atoms with Gasteiger partial charge in [-0.2, -0.15) is 0 Å². The van der Waals surface area contributed by atoms with Gasteiger partial charge in [-0.05, 0) is 26.0 Å². The fraction of sp³-hybridized carbons (Fsp3) is 0.300. The maximum Gasteiger partial charge on any atom is 0.146 e. The van der Waals surface area contributed by atoms with Gasteiger partial charge in [0.1, 0.15) is 11.4 Å². The second-order valence-corrected chi connectivity index (χ2v) is 3.45. The lowest BCUT2D eigenvalue weighted by Gasteiger charge is -2.27. The molecule has 0 saturated carbocycles. The molecule has 0 spiro atoms. The van der Waals surface area contributed by atoms with Gasteiger partial charge in [0.15, 0.2) is 0 Å². The Morgan fingerprint density at radius 2 is 2.25 bits per heavy atom. The van der Waals surface area contributed by atoms with Crippen LogP contribution in [0.2, 0.25) is 0 Å². The van der Waals surface area contributed by atoms with Crippen molar-refractivity contribution in [2.24, 2.45) is 0 Å². The molecule has 0 radical (unpaired) electrons. The standard InChI is InChI=1S/C10H11NO/c1-10(2)5-3-8-4-6-11-7-9(8)12-10/h3-7H,1-2H3. The highest BCUT2D eigenvalue weighted by molar-refractivity contribution is 5.59. The van der Waals surface area contributed by atoms with Gasteiger partial charge in [-0.25, -0.2) is 0 Å². The number of rotatable bonds is 0. The molecule has 62 valence electrons. The van der Waals surface area contributed by atoms with Crippen LogP contribution >= 0.6 is 0 Å². The van der Waals surface area contributed by atoms with Crippen molar-refractivity contribution in [3.05, 3.63) is 30.1 Å². The lowest BCUT2D eigenvalue weighted by atomic mass is 10.0. The Morgan fingerprint density at radius 3 is 3.08 bits per heavy atom. The van der Waals surface area contributed by atoms with Gasteiger partial charge < -0.3 is 4.74 Å². The molecule has 1 aromatic rings. The largest absolute Gasteiger partial charge is 0.482 e. The zero-order valence-electron chi connectivity index (χ0n) is 7.24. The van der Waals surface area contributed by atoms with Crippen molar-refractivity contribution in [2.75, 3.05) is 0 Å². The van der Waals surface area contributed by atoms with Crippen LogP contribution in [0.3, 0.4) is 0 Å². The molecule has 0 unspecified atom stereocenters. The molecule has 1 aliphatic rings. The van der Waals surface area contributed by atoms with E-state index in [0.29, 0.717) is 0 Å². The van der Waals surface area contributed by atoms with Crippen LogP contribution in [0.25, 0.3) is 6.08 Å². The van der Waals surface area contributed by atoms with E-state index in [9.17, 15) is 0 Å². The first-order valence-electron chi connectivity index (χ1n) is 4.00. The van der Waals surface area contributed by atoms with Gasteiger partial charge in [0.25, 0.3) is 0 Å². The van der Waals surface area contributed by atoms with E-state index >= 15 is 0 Å². The Labute approximate surface area is 71.9 Å². The van der Waals surface area contributed by atoms with Crippen molar-refractivity contribution in [1.82, 2.24) is 4.98 Å². The summed E-state index contributed by atoms with van der Waals surface area (Å²) in [5.41, 5.74) is 0.903. The molecular formula is C10H11NO. The fourth-order valence-electron chi connectivity index (χ4n) is 1.22. The van der Waals surface area contributed by atoms with E-state index in [1.165, 1.54) is 0 Å². The van der Waals surface area contributed by atoms with E-state index in [4.69, 9.17) is 4.74 Å². The minimum atomic E-state index is -0.198. The Kier molecular flexibility index (Phi) is 1.43. The zero-order valence-corrected chi connectivity index (χ0v) is 7.24. The normalized spacial score (nSPS) is 18.2. The van der Waals surface area contributed by atoms with Crippen LogP contribution in [0, 0.1) is 0 Å². The van der Waals surface area contributed by atoms with Crippen molar-refractivity contribution < 1.29 is 4.74 Å². The topological polar surface area (TPSA) is 22.1 Å². The van der Waals surface area contributed by atoms with Crippen molar-refractivity contribution in [2.45, 2.75) is 19.4 Å². The average Bonchev–Trinajstić information content (AvgIpc) is 2.02. The Balaban J connectivity index is 2.46. The highest BCUT2D eigenvalue weighted by Gasteiger charge is 2.20. The molecule has 12 heavy (non-hydrogen) atoms. The highest BCUT2D eigenvalue weighted by Crippen LogP contribution is 2.29. The molecule has 0 aliphatic carbocycles. The molecule has 1 aromatic heterocycles. The van der Waals surface area contributed by atoms with E-state index in [-0.39, 0.29) is 5.60 Å². The second-order valence-electron chi connectivity index (χ2n) is 3.45. The molecule has 0 aromatic carbocycles. The summed E-state index contributed by atoms with van der Waals surface area (Å²) in [6.45, 7) is 4.05. The monoisotopic (exact) mass is 161 g/mol. The number of fused-ring (bicyclic) bond motifs is 1. The van der Waals surface area contributed by atoms with Crippen LogP contribution in [0.5, 0.6) is 5.75 Å². The van der Waals surface area contributed by atoms with Gasteiger partial charge in [0.05, 0.1) is 6.20 Å². The summed E-state index contributed by atoms with van der Waals surface area (Å²) in [6, 6.07) is 1.95. The molecule has 2 rings (SSSR count). The third-order valence-corrected chi connectivity index (χ3v) is 1.85. The minimum Gasteiger partial charge on any atom is -0.482 e. The first-order valence-corrected chi connectivity index (χ1v) is 4.00. The van der Waals surface area contributed by atoms with Crippen LogP contribution in [0.1, 0.15) is 19.4 Å². The Hall–Kier alpha value is -1.31. The summed E-state index contributed by atoms with van der Waals surface area (Å²) in [5, 5.41) is 0. The molecule has 1 aliphatic heterocycles. The first kappa shape index (κ1) is 7.35. The second kappa shape index (κ2) is 2.34. The molecular weight excluding hydrogens is 150 g/mol. The van der Waals surface area contributed by atoms with Crippen molar-refractivity contribution in [3.63, 3.8) is 0 Å². The first-order chi connectivity index (χ1) is 5.67. The van der Waals surface area contributed by atoms with Gasteiger partial charge in [-0.1, -0.05) is 6.08 Å². The maximum absolute atomic E-state index is 5.67. The van der Waals surface area contributed by atoms with Gasteiger partial charge in [-0.15, -0.1) is 0 Å². The van der Waals surface area contributed by atoms with Crippen LogP contribution in [0.15, 0.2) is 24.5 Å². The van der Waals surface area contributed by atoms with Gasteiger partial charge in [-0.3, -0.25) is 4.98 Å². The number of aromatic nitrogens is 1. The third kappa shape index (κ3) is 1.20. The van der Waals surface area contributed by atoms with E-state index in [2.05, 4.69) is 17.1 Å². The zero-order chi connectivity index (χ0) is 8.60. The number of nitrogens with zero attached hydrogens (tertiary/aromatic N) is 1. The van der Waals surface area contributed by atoms with Crippen molar-refractivity contribution in [3.8, 4) is 5.75 Å². The van der Waals surface area contributed by atoms with E-state index in [1.54, 1.807) is 12.4 Å². The molecule has 2 nitrogen and oxygen atoms in total. The van der Waals surface area contributed by atoms with Gasteiger partial charge in [0.2, 0.25) is 0 Å². The molecule has 2 heterocycles. The minimum absolute atomic E-state index is 0.198. The quantitative estimate of drug-likeness (QED) is 0.582. The van der Waals surface area contributed by atoms with E-state index in [1.807, 2.05) is 19.9 Å². The summed E-state index contributed by atoms with van der Waals surface area (Å²) < 4.78 is 5.67. The van der Waals surface area contributed by atoms with Crippen molar-refractivity contribution >= 4 is 6.08 Å². The number of ether oxygens (including phenoxy) is 1. The molecule has 0 fully saturated rings. The summed E-state index contributed by atoms with van der Waals surface area (Å²) in [5.74, 6) is 0.866. The average molecular weight is 161 g/mol. The summed E-state index contributed by atoms with van der Waals surface area (Å²) >= 11 is 0. The number of pyridine rings is 1. The molecule has 0 amide bonds. The third-order valence-electron chi connectivity index (χ3n) is 1.85. The molecule has 0 saturated heterocycles. The lowest BCUT2D eigenvalue weighted by Crippen LogP contribution is -2.27. The van der Waals surface area contributed by atoms with Crippen LogP contribution in [-0.2, 0) is 0 Å². The molecule has 0 atom stereocenters. The van der Waals surface area contributed by atoms with Crippen molar-refractivity contribution in [1.29, 1.82) is 0 Å². The van der Waals surface area contributed by atoms with Crippen LogP contribution in [-0.4, -0.2) is 10.6 Å². The maximum atomic E-state index is 5.67. The van der Waals surface area contributed by atoms with E-state index in [0.717, 1.165) is 11.3 Å².